The van der Waals surface area contributed by atoms with E-state index in [4.69, 9.17) is 11.0 Å². The van der Waals surface area contributed by atoms with Gasteiger partial charge in [-0.05, 0) is 0 Å². The zero-order valence-electron chi connectivity index (χ0n) is 4.85. The summed E-state index contributed by atoms with van der Waals surface area (Å²) in [4.78, 5) is 13.7. The summed E-state index contributed by atoms with van der Waals surface area (Å²) in [5, 5.41) is 11.6. The molecule has 50 valence electrons. The molecule has 6 nitrogen and oxygen atoms in total. The predicted molar refractivity (Wildman–Crippen MR) is 29.6 cm³/mol. The standard InChI is InChI=1S/C4H3N5O/c5-1-9-2-7-4(8-9)3(6)10/h2H,(H2,6,10). The molecule has 6 heteroatoms. The molecule has 1 rings (SSSR count). The number of carbonyl (C=O) groups excluding carboxylic acids is 1. The molecule has 0 spiro atoms. The Morgan fingerprint density at radius 1 is 1.90 bits per heavy atom. The highest BCUT2D eigenvalue weighted by atomic mass is 16.1. The average molecular weight is 137 g/mol. The molecule has 2 N–H and O–H groups in total. The third kappa shape index (κ3) is 0.925. The molecule has 1 amide bonds. The molecule has 1 heterocycles. The third-order valence-electron chi connectivity index (χ3n) is 0.815. The number of carbonyl (C=O) groups is 1. The Morgan fingerprint density at radius 3 is 2.90 bits per heavy atom. The lowest BCUT2D eigenvalue weighted by atomic mass is 10.6. The fourth-order valence-corrected chi connectivity index (χ4v) is 0.424. The number of nitriles is 1. The lowest BCUT2D eigenvalue weighted by molar-refractivity contribution is 0.0990. The Balaban J connectivity index is 3.02. The fraction of sp³-hybridized carbons (Fsp3) is 0. The van der Waals surface area contributed by atoms with Crippen LogP contribution >= 0.6 is 0 Å². The van der Waals surface area contributed by atoms with Gasteiger partial charge in [-0.1, -0.05) is 0 Å². The number of hydrogen-bond donors (Lipinski definition) is 1. The van der Waals surface area contributed by atoms with Gasteiger partial charge in [0.25, 0.3) is 5.91 Å². The van der Waals surface area contributed by atoms with Crippen molar-refractivity contribution in [3.8, 4) is 6.19 Å². The van der Waals surface area contributed by atoms with Crippen molar-refractivity contribution in [1.82, 2.24) is 14.8 Å². The topological polar surface area (TPSA) is 97.6 Å². The maximum absolute atomic E-state index is 10.3. The molecule has 0 aliphatic rings. The Bertz CT molecular complexity index is 295. The highest BCUT2D eigenvalue weighted by Gasteiger charge is 2.04. The highest BCUT2D eigenvalue weighted by molar-refractivity contribution is 5.88. The zero-order chi connectivity index (χ0) is 7.56. The molecule has 0 aliphatic carbocycles. The monoisotopic (exact) mass is 137 g/mol. The van der Waals surface area contributed by atoms with Crippen LogP contribution in [0, 0.1) is 11.5 Å². The van der Waals surface area contributed by atoms with Gasteiger partial charge in [-0.3, -0.25) is 4.79 Å². The quantitative estimate of drug-likeness (QED) is 0.520. The van der Waals surface area contributed by atoms with Crippen LogP contribution in [0.3, 0.4) is 0 Å². The number of hydrogen-bond acceptors (Lipinski definition) is 4. The molecule has 0 aromatic carbocycles. The number of aromatic nitrogens is 3. The van der Waals surface area contributed by atoms with Crippen molar-refractivity contribution in [1.29, 1.82) is 5.26 Å². The first kappa shape index (κ1) is 6.22. The van der Waals surface area contributed by atoms with Crippen molar-refractivity contribution in [2.24, 2.45) is 5.73 Å². The summed E-state index contributed by atoms with van der Waals surface area (Å²) >= 11 is 0. The Morgan fingerprint density at radius 2 is 2.60 bits per heavy atom. The Labute approximate surface area is 55.9 Å². The number of primary amides is 1. The summed E-state index contributed by atoms with van der Waals surface area (Å²) in [5.41, 5.74) is 4.80. The summed E-state index contributed by atoms with van der Waals surface area (Å²) in [7, 11) is 0. The van der Waals surface area contributed by atoms with E-state index in [0.29, 0.717) is 0 Å². The van der Waals surface area contributed by atoms with Crippen LogP contribution in [-0.2, 0) is 0 Å². The smallest absolute Gasteiger partial charge is 0.288 e. The van der Waals surface area contributed by atoms with E-state index in [1.165, 1.54) is 0 Å². The van der Waals surface area contributed by atoms with Crippen molar-refractivity contribution >= 4 is 5.91 Å². The average Bonchev–Trinajstić information content (AvgIpc) is 2.34. The molecule has 0 aliphatic heterocycles. The molecule has 1 aromatic rings. The van der Waals surface area contributed by atoms with Gasteiger partial charge in [-0.25, -0.2) is 4.98 Å². The minimum atomic E-state index is -0.742. The molecule has 0 saturated carbocycles. The second-order valence-electron chi connectivity index (χ2n) is 1.48. The van der Waals surface area contributed by atoms with E-state index in [-0.39, 0.29) is 5.82 Å². The van der Waals surface area contributed by atoms with E-state index in [1.807, 2.05) is 0 Å². The molecular formula is C4H3N5O. The lowest BCUT2D eigenvalue weighted by Crippen LogP contribution is -2.13. The van der Waals surface area contributed by atoms with E-state index in [0.717, 1.165) is 11.0 Å². The van der Waals surface area contributed by atoms with Crippen LogP contribution in [0.5, 0.6) is 0 Å². The lowest BCUT2D eigenvalue weighted by Gasteiger charge is -1.79. The first-order valence-corrected chi connectivity index (χ1v) is 2.35. The summed E-state index contributed by atoms with van der Waals surface area (Å²) in [6.45, 7) is 0. The molecule has 1 aromatic heterocycles. The molecule has 0 atom stereocenters. The van der Waals surface area contributed by atoms with E-state index in [2.05, 4.69) is 10.1 Å². The fourth-order valence-electron chi connectivity index (χ4n) is 0.424. The zero-order valence-corrected chi connectivity index (χ0v) is 4.85. The number of nitrogens with two attached hydrogens (primary N) is 1. The molecular weight excluding hydrogens is 134 g/mol. The number of amides is 1. The van der Waals surface area contributed by atoms with Crippen LogP contribution in [0.25, 0.3) is 0 Å². The van der Waals surface area contributed by atoms with Crippen LogP contribution in [0.2, 0.25) is 0 Å². The van der Waals surface area contributed by atoms with Gasteiger partial charge < -0.3 is 5.73 Å². The first-order valence-electron chi connectivity index (χ1n) is 2.35. The van der Waals surface area contributed by atoms with Gasteiger partial charge in [-0.15, -0.1) is 5.10 Å². The second-order valence-corrected chi connectivity index (χ2v) is 1.48. The van der Waals surface area contributed by atoms with Crippen molar-refractivity contribution < 1.29 is 4.79 Å². The van der Waals surface area contributed by atoms with Crippen LogP contribution in [0.15, 0.2) is 6.33 Å². The predicted octanol–water partition coefficient (Wildman–Crippen LogP) is -1.29. The van der Waals surface area contributed by atoms with Crippen LogP contribution < -0.4 is 5.73 Å². The molecule has 0 bridgehead atoms. The van der Waals surface area contributed by atoms with Gasteiger partial charge in [0.1, 0.15) is 6.33 Å². The van der Waals surface area contributed by atoms with E-state index >= 15 is 0 Å². The maximum atomic E-state index is 10.3. The van der Waals surface area contributed by atoms with Gasteiger partial charge >= 0.3 is 0 Å². The molecule has 0 radical (unpaired) electrons. The van der Waals surface area contributed by atoms with Gasteiger partial charge in [-0.2, -0.15) is 9.94 Å². The molecule has 0 saturated heterocycles. The number of nitrogens with zero attached hydrogens (tertiary/aromatic N) is 4. The van der Waals surface area contributed by atoms with Gasteiger partial charge in [0, 0.05) is 0 Å². The van der Waals surface area contributed by atoms with Crippen LogP contribution in [0.1, 0.15) is 10.6 Å². The van der Waals surface area contributed by atoms with Gasteiger partial charge in [0.15, 0.2) is 0 Å². The molecule has 10 heavy (non-hydrogen) atoms. The SMILES string of the molecule is N#Cn1cnc(C(N)=O)n1. The van der Waals surface area contributed by atoms with E-state index < -0.39 is 5.91 Å². The second kappa shape index (κ2) is 2.14. The minimum absolute atomic E-state index is 0.151. The van der Waals surface area contributed by atoms with Crippen molar-refractivity contribution in [2.45, 2.75) is 0 Å². The third-order valence-corrected chi connectivity index (χ3v) is 0.815. The summed E-state index contributed by atoms with van der Waals surface area (Å²) in [6, 6.07) is 0. The largest absolute Gasteiger partial charge is 0.363 e. The summed E-state index contributed by atoms with van der Waals surface area (Å²) < 4.78 is 0.847. The van der Waals surface area contributed by atoms with E-state index in [1.54, 1.807) is 6.19 Å². The maximum Gasteiger partial charge on any atom is 0.288 e. The molecule has 0 unspecified atom stereocenters. The van der Waals surface area contributed by atoms with Crippen molar-refractivity contribution in [3.05, 3.63) is 12.2 Å². The normalized spacial score (nSPS) is 8.70. The van der Waals surface area contributed by atoms with Crippen LogP contribution in [0.4, 0.5) is 0 Å². The number of rotatable bonds is 1. The first-order chi connectivity index (χ1) is 4.74. The molecule has 0 fully saturated rings. The summed E-state index contributed by atoms with van der Waals surface area (Å²) in [5.74, 6) is -0.893. The Kier molecular flexibility index (Phi) is 1.33. The highest BCUT2D eigenvalue weighted by Crippen LogP contribution is 1.84. The van der Waals surface area contributed by atoms with Crippen LogP contribution in [-0.4, -0.2) is 20.7 Å². The Hall–Kier alpha value is -1.90. The van der Waals surface area contributed by atoms with Gasteiger partial charge in [0.2, 0.25) is 12.0 Å². The van der Waals surface area contributed by atoms with E-state index in [9.17, 15) is 4.79 Å². The summed E-state index contributed by atoms with van der Waals surface area (Å²) in [6.07, 6.45) is 2.75. The van der Waals surface area contributed by atoms with Gasteiger partial charge in [0.05, 0.1) is 0 Å². The minimum Gasteiger partial charge on any atom is -0.363 e. The van der Waals surface area contributed by atoms with Crippen molar-refractivity contribution in [2.75, 3.05) is 0 Å². The van der Waals surface area contributed by atoms with Crippen molar-refractivity contribution in [3.63, 3.8) is 0 Å².